The number of aromatic nitrogens is 2. The Morgan fingerprint density at radius 3 is 2.51 bits per heavy atom. The lowest BCUT2D eigenvalue weighted by molar-refractivity contribution is 0.127. The molecule has 2 aromatic carbocycles. The Morgan fingerprint density at radius 2 is 1.86 bits per heavy atom. The van der Waals surface area contributed by atoms with E-state index in [0.717, 1.165) is 49.8 Å². The van der Waals surface area contributed by atoms with Gasteiger partial charge in [-0.2, -0.15) is 0 Å². The molecule has 3 aromatic rings. The molecule has 0 fully saturated rings. The van der Waals surface area contributed by atoms with E-state index in [2.05, 4.69) is 98.3 Å². The fraction of sp³-hybridized carbons (Fsp3) is 0.567. The van der Waals surface area contributed by atoms with E-state index >= 15 is 0 Å². The number of anilines is 1. The van der Waals surface area contributed by atoms with Crippen LogP contribution in [0.15, 0.2) is 47.4 Å². The number of hydrogen-bond acceptors (Lipinski definition) is 6. The maximum absolute atomic E-state index is 8.94. The maximum atomic E-state index is 8.94. The van der Waals surface area contributed by atoms with Crippen LogP contribution < -0.4 is 9.62 Å². The first-order chi connectivity index (χ1) is 17.8. The number of imidazole rings is 1. The number of ether oxygens (including phenoxy) is 1. The lowest BCUT2D eigenvalue weighted by Crippen LogP contribution is -2.22. The van der Waals surface area contributed by atoms with Crippen molar-refractivity contribution in [3.8, 4) is 0 Å². The van der Waals surface area contributed by atoms with Gasteiger partial charge in [-0.25, -0.2) is 4.98 Å². The summed E-state index contributed by atoms with van der Waals surface area (Å²) in [5.74, 6) is 1.73. The van der Waals surface area contributed by atoms with Crippen molar-refractivity contribution in [1.29, 1.82) is 0 Å². The van der Waals surface area contributed by atoms with E-state index in [1.54, 1.807) is 11.9 Å². The smallest absolute Gasteiger partial charge is 0.115 e. The molecule has 204 valence electrons. The van der Waals surface area contributed by atoms with Crippen LogP contribution in [-0.2, 0) is 23.2 Å². The fourth-order valence-electron chi connectivity index (χ4n) is 4.65. The molecular formula is C30H46N4O2S. The Balaban J connectivity index is 1.80. The highest BCUT2D eigenvalue weighted by Crippen LogP contribution is 2.33. The van der Waals surface area contributed by atoms with Crippen LogP contribution >= 0.6 is 11.9 Å². The first-order valence-corrected chi connectivity index (χ1v) is 14.4. The second kappa shape index (κ2) is 14.2. The summed E-state index contributed by atoms with van der Waals surface area (Å²) in [4.78, 5) is 6.35. The van der Waals surface area contributed by atoms with E-state index in [1.165, 1.54) is 28.8 Å². The van der Waals surface area contributed by atoms with Gasteiger partial charge < -0.3 is 24.0 Å². The molecule has 0 aliphatic heterocycles. The van der Waals surface area contributed by atoms with Crippen molar-refractivity contribution in [2.45, 2.75) is 77.3 Å². The minimum Gasteiger partial charge on any atom is -0.395 e. The van der Waals surface area contributed by atoms with Gasteiger partial charge in [-0.1, -0.05) is 46.2 Å². The van der Waals surface area contributed by atoms with Gasteiger partial charge in [-0.15, -0.1) is 0 Å². The number of benzene rings is 2. The minimum atomic E-state index is -0.0374. The zero-order chi connectivity index (χ0) is 26.8. The van der Waals surface area contributed by atoms with Crippen molar-refractivity contribution in [2.24, 2.45) is 5.92 Å². The van der Waals surface area contributed by atoms with Gasteiger partial charge in [0.15, 0.2) is 0 Å². The van der Waals surface area contributed by atoms with Gasteiger partial charge in [0.05, 0.1) is 17.6 Å². The molecule has 6 nitrogen and oxygen atoms in total. The predicted molar refractivity (Wildman–Crippen MR) is 157 cm³/mol. The molecule has 0 saturated heterocycles. The topological polar surface area (TPSA) is 62.5 Å². The lowest BCUT2D eigenvalue weighted by atomic mass is 9.94. The van der Waals surface area contributed by atoms with Crippen LogP contribution in [0.5, 0.6) is 0 Å². The second-order valence-corrected chi connectivity index (χ2v) is 11.9. The zero-order valence-corrected chi connectivity index (χ0v) is 24.4. The third-order valence-corrected chi connectivity index (χ3v) is 7.53. The summed E-state index contributed by atoms with van der Waals surface area (Å²) in [6.45, 7) is 15.2. The maximum Gasteiger partial charge on any atom is 0.115 e. The number of rotatable bonds is 15. The van der Waals surface area contributed by atoms with E-state index in [0.29, 0.717) is 12.5 Å². The Labute approximate surface area is 227 Å². The molecule has 0 aliphatic rings. The highest BCUT2D eigenvalue weighted by molar-refractivity contribution is 8.00. The van der Waals surface area contributed by atoms with E-state index < -0.39 is 0 Å². The summed E-state index contributed by atoms with van der Waals surface area (Å²) in [6.07, 6.45) is 3.46. The Bertz CT molecular complexity index is 1090. The van der Waals surface area contributed by atoms with Crippen molar-refractivity contribution in [3.05, 3.63) is 53.9 Å². The predicted octanol–water partition coefficient (Wildman–Crippen LogP) is 6.40. The van der Waals surface area contributed by atoms with Crippen LogP contribution in [0.2, 0.25) is 0 Å². The Morgan fingerprint density at radius 1 is 1.11 bits per heavy atom. The molecular weight excluding hydrogens is 480 g/mol. The van der Waals surface area contributed by atoms with Gasteiger partial charge >= 0.3 is 0 Å². The van der Waals surface area contributed by atoms with Crippen LogP contribution in [0.4, 0.5) is 5.69 Å². The standard InChI is InChI=1S/C30H46N4O2S/c1-7-9-24(16-19-36-8-2)22-34-28-15-12-25(20-27(28)32-29(34)30(3,4)5)33(6)37-26-13-10-23(11-14-26)21-31-17-18-35/h10-15,20,24,31,35H,7-9,16-19,21-22H2,1-6H3. The van der Waals surface area contributed by atoms with Crippen LogP contribution in [-0.4, -0.2) is 48.1 Å². The SMILES string of the molecule is CCCC(CCOCC)Cn1c(C(C)(C)C)nc2cc(N(C)Sc3ccc(CNCCO)cc3)ccc21. The van der Waals surface area contributed by atoms with Crippen molar-refractivity contribution in [3.63, 3.8) is 0 Å². The molecule has 37 heavy (non-hydrogen) atoms. The molecule has 1 unspecified atom stereocenters. The third kappa shape index (κ3) is 8.47. The monoisotopic (exact) mass is 526 g/mol. The van der Waals surface area contributed by atoms with E-state index in [9.17, 15) is 0 Å². The highest BCUT2D eigenvalue weighted by Gasteiger charge is 2.25. The summed E-state index contributed by atoms with van der Waals surface area (Å²) < 4.78 is 10.4. The third-order valence-electron chi connectivity index (χ3n) is 6.56. The average molecular weight is 527 g/mol. The van der Waals surface area contributed by atoms with Crippen LogP contribution in [0.3, 0.4) is 0 Å². The van der Waals surface area contributed by atoms with Gasteiger partial charge in [0.2, 0.25) is 0 Å². The van der Waals surface area contributed by atoms with E-state index in [-0.39, 0.29) is 12.0 Å². The van der Waals surface area contributed by atoms with Crippen molar-refractivity contribution in [1.82, 2.24) is 14.9 Å². The van der Waals surface area contributed by atoms with Gasteiger partial charge in [-0.05, 0) is 73.5 Å². The van der Waals surface area contributed by atoms with E-state index in [4.69, 9.17) is 14.8 Å². The van der Waals surface area contributed by atoms with Gasteiger partial charge in [0, 0.05) is 55.9 Å². The largest absolute Gasteiger partial charge is 0.395 e. The highest BCUT2D eigenvalue weighted by atomic mass is 32.2. The molecule has 0 spiro atoms. The lowest BCUT2D eigenvalue weighted by Gasteiger charge is -2.24. The first kappa shape index (κ1) is 29.5. The molecule has 1 heterocycles. The van der Waals surface area contributed by atoms with Crippen molar-refractivity contribution in [2.75, 3.05) is 37.7 Å². The molecule has 0 saturated carbocycles. The van der Waals surface area contributed by atoms with Gasteiger partial charge in [0.1, 0.15) is 5.82 Å². The normalized spacial score (nSPS) is 12.8. The second-order valence-electron chi connectivity index (χ2n) is 10.7. The van der Waals surface area contributed by atoms with Crippen molar-refractivity contribution < 1.29 is 9.84 Å². The van der Waals surface area contributed by atoms with E-state index in [1.807, 2.05) is 0 Å². The molecule has 2 N–H and O–H groups in total. The summed E-state index contributed by atoms with van der Waals surface area (Å²) in [7, 11) is 2.11. The summed E-state index contributed by atoms with van der Waals surface area (Å²) in [6, 6.07) is 15.2. The van der Waals surface area contributed by atoms with Crippen LogP contribution in [0.25, 0.3) is 11.0 Å². The minimum absolute atomic E-state index is 0.0374. The molecule has 0 aliphatic carbocycles. The number of aliphatic hydroxyl groups is 1. The molecule has 0 bridgehead atoms. The zero-order valence-electron chi connectivity index (χ0n) is 23.6. The summed E-state index contributed by atoms with van der Waals surface area (Å²) in [5.41, 5.74) is 4.58. The molecule has 0 amide bonds. The number of aliphatic hydroxyl groups excluding tert-OH is 1. The van der Waals surface area contributed by atoms with Gasteiger partial charge in [0.25, 0.3) is 0 Å². The van der Waals surface area contributed by atoms with Crippen LogP contribution in [0, 0.1) is 5.92 Å². The number of fused-ring (bicyclic) bond motifs is 1. The molecule has 1 aromatic heterocycles. The first-order valence-electron chi connectivity index (χ1n) is 13.7. The van der Waals surface area contributed by atoms with Crippen LogP contribution in [0.1, 0.15) is 65.3 Å². The average Bonchev–Trinajstić information content (AvgIpc) is 3.23. The Hall–Kier alpha value is -2.06. The summed E-state index contributed by atoms with van der Waals surface area (Å²) in [5, 5.41) is 12.2. The quantitative estimate of drug-likeness (QED) is 0.176. The number of hydrogen-bond donors (Lipinski definition) is 2. The molecule has 3 rings (SSSR count). The molecule has 0 radical (unpaired) electrons. The fourth-order valence-corrected chi connectivity index (χ4v) is 5.44. The molecule has 1 atom stereocenters. The van der Waals surface area contributed by atoms with Gasteiger partial charge in [-0.3, -0.25) is 0 Å². The number of nitrogens with one attached hydrogen (secondary N) is 1. The van der Waals surface area contributed by atoms with Crippen molar-refractivity contribution >= 4 is 28.7 Å². The summed E-state index contributed by atoms with van der Waals surface area (Å²) >= 11 is 1.71. The molecule has 7 heteroatoms. The number of nitrogens with zero attached hydrogens (tertiary/aromatic N) is 3. The Kier molecular flexibility index (Phi) is 11.3.